The van der Waals surface area contributed by atoms with Crippen LogP contribution in [0.25, 0.3) is 0 Å². The van der Waals surface area contributed by atoms with Gasteiger partial charge in [0.05, 0.1) is 6.04 Å². The highest BCUT2D eigenvalue weighted by atomic mass is 16.5. The first-order chi connectivity index (χ1) is 15.2. The van der Waals surface area contributed by atoms with Crippen molar-refractivity contribution in [1.82, 2.24) is 20.4 Å². The van der Waals surface area contributed by atoms with E-state index in [1.165, 1.54) is 4.90 Å². The van der Waals surface area contributed by atoms with Crippen molar-refractivity contribution < 1.29 is 29.1 Å². The van der Waals surface area contributed by atoms with Crippen LogP contribution in [0.5, 0.6) is 0 Å². The third kappa shape index (κ3) is 7.37. The van der Waals surface area contributed by atoms with E-state index in [1.54, 1.807) is 0 Å². The standard InChI is InChI=1S/C18H30N8O6/c19-10(4-1-7-13(27)28)14-24-15(32-25-14)11(5-2-8-22-17(20)21)23-18(31)26-9-3-6-12(26)16(29)30/h10-12H,1-9,19H2,(H,23,31)(H,27,28)(H,29,30)(H4,20,21,22)/t10-,11-,12?/m0/s1. The average molecular weight is 454 g/mol. The molecule has 2 rings (SSSR count). The summed E-state index contributed by atoms with van der Waals surface area (Å²) in [6.07, 6.45) is 2.48. The van der Waals surface area contributed by atoms with E-state index < -0.39 is 36.1 Å². The molecule has 1 aromatic rings. The number of guanidine groups is 1. The first kappa shape index (κ1) is 24.8. The van der Waals surface area contributed by atoms with E-state index in [1.807, 2.05) is 0 Å². The number of nitrogens with zero attached hydrogens (tertiary/aromatic N) is 4. The summed E-state index contributed by atoms with van der Waals surface area (Å²) in [5.74, 6) is -1.74. The molecule has 1 unspecified atom stereocenters. The molecule has 1 aliphatic heterocycles. The summed E-state index contributed by atoms with van der Waals surface area (Å²) in [4.78, 5) is 44.2. The molecule has 3 atom stereocenters. The number of nitrogens with two attached hydrogens (primary N) is 3. The zero-order valence-electron chi connectivity index (χ0n) is 17.6. The van der Waals surface area contributed by atoms with Crippen molar-refractivity contribution in [3.05, 3.63) is 11.7 Å². The molecule has 0 aliphatic carbocycles. The van der Waals surface area contributed by atoms with E-state index in [0.717, 1.165) is 0 Å². The molecule has 1 aliphatic rings. The fourth-order valence-corrected chi connectivity index (χ4v) is 3.40. The number of aliphatic carboxylic acids is 2. The molecule has 0 radical (unpaired) electrons. The second-order valence-electron chi connectivity index (χ2n) is 7.52. The molecule has 0 saturated carbocycles. The van der Waals surface area contributed by atoms with Gasteiger partial charge < -0.3 is 42.2 Å². The maximum Gasteiger partial charge on any atom is 0.326 e. The minimum absolute atomic E-state index is 0.0253. The Morgan fingerprint density at radius 2 is 2.00 bits per heavy atom. The molecule has 1 fully saturated rings. The summed E-state index contributed by atoms with van der Waals surface area (Å²) >= 11 is 0. The Balaban J connectivity index is 2.08. The van der Waals surface area contributed by atoms with Crippen LogP contribution < -0.4 is 22.5 Å². The SMILES string of the molecule is NC(N)=NCCC[C@H](NC(=O)N1CCCC1C(=O)O)c1nc([C@@H](N)CCCC(=O)O)no1. The first-order valence-electron chi connectivity index (χ1n) is 10.3. The van der Waals surface area contributed by atoms with Crippen LogP contribution in [0.1, 0.15) is 68.7 Å². The van der Waals surface area contributed by atoms with Gasteiger partial charge in [0.2, 0.25) is 5.89 Å². The Morgan fingerprint density at radius 3 is 2.66 bits per heavy atom. The van der Waals surface area contributed by atoms with Crippen molar-refractivity contribution >= 4 is 23.9 Å². The van der Waals surface area contributed by atoms with Gasteiger partial charge in [0.25, 0.3) is 0 Å². The highest BCUT2D eigenvalue weighted by Gasteiger charge is 2.35. The number of aromatic nitrogens is 2. The lowest BCUT2D eigenvalue weighted by atomic mass is 10.1. The van der Waals surface area contributed by atoms with Crippen molar-refractivity contribution in [2.24, 2.45) is 22.2 Å². The normalized spacial score (nSPS) is 17.5. The fourth-order valence-electron chi connectivity index (χ4n) is 3.40. The zero-order chi connectivity index (χ0) is 23.7. The predicted molar refractivity (Wildman–Crippen MR) is 111 cm³/mol. The van der Waals surface area contributed by atoms with Crippen LogP contribution in [0, 0.1) is 0 Å². The van der Waals surface area contributed by atoms with Crippen LogP contribution in [0.4, 0.5) is 4.79 Å². The molecule has 32 heavy (non-hydrogen) atoms. The van der Waals surface area contributed by atoms with Gasteiger partial charge in [0.15, 0.2) is 11.8 Å². The molecule has 2 amide bonds. The average Bonchev–Trinajstić information content (AvgIpc) is 3.39. The van der Waals surface area contributed by atoms with E-state index in [9.17, 15) is 19.5 Å². The molecule has 14 heteroatoms. The number of hydrogen-bond acceptors (Lipinski definition) is 8. The highest BCUT2D eigenvalue weighted by Crippen LogP contribution is 2.23. The second kappa shape index (κ2) is 11.8. The van der Waals surface area contributed by atoms with Gasteiger partial charge in [0.1, 0.15) is 12.1 Å². The molecule has 0 spiro atoms. The first-order valence-corrected chi connectivity index (χ1v) is 10.3. The quantitative estimate of drug-likeness (QED) is 0.136. The number of rotatable bonds is 12. The van der Waals surface area contributed by atoms with E-state index in [-0.39, 0.29) is 24.1 Å². The number of carboxylic acid groups (broad SMARTS) is 2. The molecular formula is C18H30N8O6. The lowest BCUT2D eigenvalue weighted by Crippen LogP contribution is -2.47. The van der Waals surface area contributed by atoms with Crippen molar-refractivity contribution in [2.45, 2.75) is 63.1 Å². The third-order valence-corrected chi connectivity index (χ3v) is 5.03. The number of carbonyl (C=O) groups excluding carboxylic acids is 1. The maximum atomic E-state index is 12.7. The van der Waals surface area contributed by atoms with Gasteiger partial charge in [-0.1, -0.05) is 5.16 Å². The minimum atomic E-state index is -1.06. The molecule has 0 bridgehead atoms. The van der Waals surface area contributed by atoms with Crippen molar-refractivity contribution in [2.75, 3.05) is 13.1 Å². The number of likely N-dealkylation sites (tertiary alicyclic amines) is 1. The van der Waals surface area contributed by atoms with Crippen LogP contribution in [0.15, 0.2) is 9.52 Å². The Morgan fingerprint density at radius 1 is 1.25 bits per heavy atom. The largest absolute Gasteiger partial charge is 0.481 e. The monoisotopic (exact) mass is 454 g/mol. The Hall–Kier alpha value is -3.42. The Labute approximate surface area is 184 Å². The van der Waals surface area contributed by atoms with Gasteiger partial charge in [-0.05, 0) is 38.5 Å². The predicted octanol–water partition coefficient (Wildman–Crippen LogP) is -0.322. The van der Waals surface area contributed by atoms with Gasteiger partial charge in [-0.25, -0.2) is 9.59 Å². The van der Waals surface area contributed by atoms with Gasteiger partial charge in [0, 0.05) is 19.5 Å². The molecule has 1 aromatic heterocycles. The third-order valence-electron chi connectivity index (χ3n) is 5.03. The number of carboxylic acids is 2. The second-order valence-corrected chi connectivity index (χ2v) is 7.52. The van der Waals surface area contributed by atoms with Crippen LogP contribution in [0.3, 0.4) is 0 Å². The lowest BCUT2D eigenvalue weighted by molar-refractivity contribution is -0.141. The summed E-state index contributed by atoms with van der Waals surface area (Å²) in [5.41, 5.74) is 16.7. The van der Waals surface area contributed by atoms with E-state index in [0.29, 0.717) is 51.6 Å². The number of urea groups is 1. The molecule has 178 valence electrons. The lowest BCUT2D eigenvalue weighted by Gasteiger charge is -2.24. The number of aliphatic imine (C=N–C) groups is 1. The van der Waals surface area contributed by atoms with Gasteiger partial charge >= 0.3 is 18.0 Å². The van der Waals surface area contributed by atoms with Crippen molar-refractivity contribution in [3.8, 4) is 0 Å². The van der Waals surface area contributed by atoms with E-state index in [2.05, 4.69) is 20.4 Å². The van der Waals surface area contributed by atoms with Crippen LogP contribution in [-0.2, 0) is 9.59 Å². The van der Waals surface area contributed by atoms with Gasteiger partial charge in [-0.3, -0.25) is 9.79 Å². The zero-order valence-corrected chi connectivity index (χ0v) is 17.6. The van der Waals surface area contributed by atoms with E-state index in [4.69, 9.17) is 26.8 Å². The number of hydrogen-bond donors (Lipinski definition) is 6. The molecule has 1 saturated heterocycles. The molecule has 9 N–H and O–H groups in total. The molecular weight excluding hydrogens is 424 g/mol. The molecule has 2 heterocycles. The van der Waals surface area contributed by atoms with Crippen LogP contribution in [-0.4, -0.2) is 68.3 Å². The summed E-state index contributed by atoms with van der Waals surface area (Å²) in [6, 6.07) is -2.77. The summed E-state index contributed by atoms with van der Waals surface area (Å²) in [5, 5.41) is 24.7. The summed E-state index contributed by atoms with van der Waals surface area (Å²) < 4.78 is 5.30. The summed E-state index contributed by atoms with van der Waals surface area (Å²) in [6.45, 7) is 0.638. The minimum Gasteiger partial charge on any atom is -0.481 e. The smallest absolute Gasteiger partial charge is 0.326 e. The van der Waals surface area contributed by atoms with Crippen LogP contribution >= 0.6 is 0 Å². The van der Waals surface area contributed by atoms with E-state index >= 15 is 0 Å². The molecule has 14 nitrogen and oxygen atoms in total. The highest BCUT2D eigenvalue weighted by molar-refractivity contribution is 5.83. The molecule has 0 aromatic carbocycles. The van der Waals surface area contributed by atoms with Crippen molar-refractivity contribution in [3.63, 3.8) is 0 Å². The Bertz CT molecular complexity index is 824. The van der Waals surface area contributed by atoms with Crippen molar-refractivity contribution in [1.29, 1.82) is 0 Å². The number of amides is 2. The number of nitrogens with one attached hydrogen (secondary N) is 1. The summed E-state index contributed by atoms with van der Waals surface area (Å²) in [7, 11) is 0. The van der Waals surface area contributed by atoms with Gasteiger partial charge in [-0.15, -0.1) is 0 Å². The maximum absolute atomic E-state index is 12.7. The fraction of sp³-hybridized carbons (Fsp3) is 0.667. The van der Waals surface area contributed by atoms with Gasteiger partial charge in [-0.2, -0.15) is 4.98 Å². The number of carbonyl (C=O) groups is 3. The Kier molecular flexibility index (Phi) is 9.19. The topological polar surface area (TPSA) is 236 Å². The van der Waals surface area contributed by atoms with Crippen LogP contribution in [0.2, 0.25) is 0 Å².